The zero-order valence-corrected chi connectivity index (χ0v) is 9.15. The van der Waals surface area contributed by atoms with Crippen LogP contribution in [0.5, 0.6) is 11.5 Å². The number of hydrogen-bond donors (Lipinski definition) is 1. The quantitative estimate of drug-likeness (QED) is 0.771. The lowest BCUT2D eigenvalue weighted by Crippen LogP contribution is -2.12. The van der Waals surface area contributed by atoms with Gasteiger partial charge in [0.1, 0.15) is 0 Å². The number of hydrogen-bond acceptors (Lipinski definition) is 4. The Kier molecular flexibility index (Phi) is 3.66. The van der Waals surface area contributed by atoms with Gasteiger partial charge in [0, 0.05) is 18.2 Å². The highest BCUT2D eigenvalue weighted by Gasteiger charge is 2.20. The number of aromatic hydroxyl groups is 1. The smallest absolute Gasteiger partial charge is 0.187 e. The van der Waals surface area contributed by atoms with Gasteiger partial charge in [-0.2, -0.15) is 0 Å². The summed E-state index contributed by atoms with van der Waals surface area (Å²) in [5.74, 6) is -0.202. The van der Waals surface area contributed by atoms with Gasteiger partial charge in [-0.1, -0.05) is 13.8 Å². The molecule has 1 rings (SSSR count). The van der Waals surface area contributed by atoms with Gasteiger partial charge < -0.3 is 9.84 Å². The average molecular weight is 209 g/mol. The Morgan fingerprint density at radius 3 is 2.87 bits per heavy atom. The molecule has 1 atom stereocenters. The van der Waals surface area contributed by atoms with E-state index in [0.717, 1.165) is 6.42 Å². The van der Waals surface area contributed by atoms with Crippen LogP contribution in [0, 0.1) is 5.92 Å². The van der Waals surface area contributed by atoms with Crippen LogP contribution in [0.15, 0.2) is 12.3 Å². The molecule has 4 nitrogen and oxygen atoms in total. The number of aromatic nitrogens is 1. The molecule has 4 heteroatoms. The Balaban J connectivity index is 3.09. The van der Waals surface area contributed by atoms with Crippen LogP contribution >= 0.6 is 0 Å². The highest BCUT2D eigenvalue weighted by Crippen LogP contribution is 2.29. The predicted molar refractivity (Wildman–Crippen MR) is 56.2 cm³/mol. The third-order valence-electron chi connectivity index (χ3n) is 2.40. The van der Waals surface area contributed by atoms with Crippen molar-refractivity contribution < 1.29 is 14.6 Å². The summed E-state index contributed by atoms with van der Waals surface area (Å²) in [6.45, 7) is 3.72. The molecule has 0 fully saturated rings. The van der Waals surface area contributed by atoms with Gasteiger partial charge in [0.05, 0.1) is 7.11 Å². The van der Waals surface area contributed by atoms with Crippen LogP contribution in [0.1, 0.15) is 30.8 Å². The molecule has 1 aromatic heterocycles. The van der Waals surface area contributed by atoms with E-state index in [-0.39, 0.29) is 28.9 Å². The summed E-state index contributed by atoms with van der Waals surface area (Å²) in [5, 5.41) is 9.70. The monoisotopic (exact) mass is 209 g/mol. The summed E-state index contributed by atoms with van der Waals surface area (Å²) in [4.78, 5) is 15.7. The maximum atomic E-state index is 11.8. The number of methoxy groups -OCH3 is 1. The van der Waals surface area contributed by atoms with Crippen molar-refractivity contribution in [3.63, 3.8) is 0 Å². The lowest BCUT2D eigenvalue weighted by molar-refractivity contribution is 0.0918. The first-order chi connectivity index (χ1) is 7.11. The first-order valence-corrected chi connectivity index (χ1v) is 4.88. The van der Waals surface area contributed by atoms with E-state index in [1.54, 1.807) is 0 Å². The van der Waals surface area contributed by atoms with Crippen LogP contribution in [-0.4, -0.2) is 23.0 Å². The minimum absolute atomic E-state index is 0.0868. The molecule has 0 aliphatic heterocycles. The molecule has 1 unspecified atom stereocenters. The Morgan fingerprint density at radius 2 is 2.33 bits per heavy atom. The van der Waals surface area contributed by atoms with E-state index in [4.69, 9.17) is 4.74 Å². The van der Waals surface area contributed by atoms with Gasteiger partial charge >= 0.3 is 0 Å². The number of pyridine rings is 1. The SMILES string of the molecule is CCC(C)C(=O)c1nccc(OC)c1O. The van der Waals surface area contributed by atoms with Crippen molar-refractivity contribution in [2.75, 3.05) is 7.11 Å². The van der Waals surface area contributed by atoms with Crippen molar-refractivity contribution in [1.29, 1.82) is 0 Å². The van der Waals surface area contributed by atoms with E-state index in [0.29, 0.717) is 0 Å². The average Bonchev–Trinajstić information content (AvgIpc) is 2.27. The highest BCUT2D eigenvalue weighted by atomic mass is 16.5. The van der Waals surface area contributed by atoms with Crippen LogP contribution in [0.2, 0.25) is 0 Å². The van der Waals surface area contributed by atoms with Crippen molar-refractivity contribution in [3.05, 3.63) is 18.0 Å². The minimum Gasteiger partial charge on any atom is -0.503 e. The summed E-state index contributed by atoms with van der Waals surface area (Å²) < 4.78 is 4.91. The Labute approximate surface area is 88.9 Å². The fourth-order valence-corrected chi connectivity index (χ4v) is 1.20. The lowest BCUT2D eigenvalue weighted by Gasteiger charge is -2.10. The predicted octanol–water partition coefficient (Wildman–Crippen LogP) is 2.02. The van der Waals surface area contributed by atoms with Crippen molar-refractivity contribution in [2.45, 2.75) is 20.3 Å². The van der Waals surface area contributed by atoms with Gasteiger partial charge in [0.2, 0.25) is 0 Å². The summed E-state index contributed by atoms with van der Waals surface area (Å²) in [7, 11) is 1.44. The summed E-state index contributed by atoms with van der Waals surface area (Å²) >= 11 is 0. The third-order valence-corrected chi connectivity index (χ3v) is 2.40. The number of nitrogens with zero attached hydrogens (tertiary/aromatic N) is 1. The number of rotatable bonds is 4. The van der Waals surface area contributed by atoms with E-state index in [2.05, 4.69) is 4.98 Å². The van der Waals surface area contributed by atoms with Crippen molar-refractivity contribution in [2.24, 2.45) is 5.92 Å². The topological polar surface area (TPSA) is 59.4 Å². The molecular weight excluding hydrogens is 194 g/mol. The van der Waals surface area contributed by atoms with Crippen molar-refractivity contribution in [1.82, 2.24) is 4.98 Å². The van der Waals surface area contributed by atoms with Crippen LogP contribution in [0.25, 0.3) is 0 Å². The van der Waals surface area contributed by atoms with Crippen molar-refractivity contribution in [3.8, 4) is 11.5 Å². The second kappa shape index (κ2) is 4.77. The zero-order chi connectivity index (χ0) is 11.4. The van der Waals surface area contributed by atoms with Crippen LogP contribution in [0.3, 0.4) is 0 Å². The van der Waals surface area contributed by atoms with Gasteiger partial charge in [-0.05, 0) is 6.42 Å². The lowest BCUT2D eigenvalue weighted by atomic mass is 10.0. The number of carbonyl (C=O) groups excluding carboxylic acids is 1. The number of ketones is 1. The number of Topliss-reactive ketones (excluding diaryl/α,β-unsaturated/α-hetero) is 1. The number of carbonyl (C=O) groups is 1. The molecule has 15 heavy (non-hydrogen) atoms. The summed E-state index contributed by atoms with van der Waals surface area (Å²) in [6, 6.07) is 1.52. The standard InChI is InChI=1S/C11H15NO3/c1-4-7(2)10(13)9-11(14)8(15-3)5-6-12-9/h5-7,14H,4H2,1-3H3. The van der Waals surface area contributed by atoms with Crippen LogP contribution in [-0.2, 0) is 0 Å². The van der Waals surface area contributed by atoms with Gasteiger partial charge in [-0.25, -0.2) is 4.98 Å². The second-order valence-corrected chi connectivity index (χ2v) is 3.38. The Morgan fingerprint density at radius 1 is 1.67 bits per heavy atom. The Bertz CT molecular complexity index is 363. The minimum atomic E-state index is -0.176. The fourth-order valence-electron chi connectivity index (χ4n) is 1.20. The largest absolute Gasteiger partial charge is 0.503 e. The van der Waals surface area contributed by atoms with E-state index in [1.807, 2.05) is 13.8 Å². The molecule has 0 aliphatic carbocycles. The molecule has 0 radical (unpaired) electrons. The summed E-state index contributed by atoms with van der Waals surface area (Å²) in [5.41, 5.74) is 0.0868. The molecule has 0 aliphatic rings. The zero-order valence-electron chi connectivity index (χ0n) is 9.15. The molecule has 1 heterocycles. The first kappa shape index (κ1) is 11.5. The van der Waals surface area contributed by atoms with Gasteiger partial charge in [0.25, 0.3) is 0 Å². The maximum Gasteiger partial charge on any atom is 0.187 e. The molecule has 0 bridgehead atoms. The summed E-state index contributed by atoms with van der Waals surface area (Å²) in [6.07, 6.45) is 2.17. The molecule has 0 spiro atoms. The molecule has 0 aromatic carbocycles. The highest BCUT2D eigenvalue weighted by molar-refractivity contribution is 5.98. The Hall–Kier alpha value is -1.58. The third kappa shape index (κ3) is 2.26. The van der Waals surface area contributed by atoms with E-state index >= 15 is 0 Å². The first-order valence-electron chi connectivity index (χ1n) is 4.88. The van der Waals surface area contributed by atoms with Gasteiger partial charge in [-0.15, -0.1) is 0 Å². The van der Waals surface area contributed by atoms with Crippen molar-refractivity contribution >= 4 is 5.78 Å². The van der Waals surface area contributed by atoms with Gasteiger partial charge in [-0.3, -0.25) is 4.79 Å². The molecule has 1 N–H and O–H groups in total. The second-order valence-electron chi connectivity index (χ2n) is 3.38. The molecular formula is C11H15NO3. The molecule has 0 saturated heterocycles. The van der Waals surface area contributed by atoms with E-state index in [1.165, 1.54) is 19.4 Å². The van der Waals surface area contributed by atoms with Crippen LogP contribution < -0.4 is 4.74 Å². The van der Waals surface area contributed by atoms with E-state index < -0.39 is 0 Å². The van der Waals surface area contributed by atoms with Gasteiger partial charge in [0.15, 0.2) is 23.0 Å². The molecule has 0 amide bonds. The molecule has 0 saturated carbocycles. The van der Waals surface area contributed by atoms with E-state index in [9.17, 15) is 9.90 Å². The maximum absolute atomic E-state index is 11.8. The normalized spacial score (nSPS) is 12.2. The fraction of sp³-hybridized carbons (Fsp3) is 0.455. The number of ether oxygens (including phenoxy) is 1. The molecule has 82 valence electrons. The van der Waals surface area contributed by atoms with Crippen LogP contribution in [0.4, 0.5) is 0 Å². The molecule has 1 aromatic rings.